The predicted molar refractivity (Wildman–Crippen MR) is 94.5 cm³/mol. The Bertz CT molecular complexity index is 488. The van der Waals surface area contributed by atoms with Crippen LogP contribution in [0.1, 0.15) is 50.5 Å². The minimum atomic E-state index is 0.0562. The van der Waals surface area contributed by atoms with Crippen molar-refractivity contribution >= 4 is 11.6 Å². The third-order valence-electron chi connectivity index (χ3n) is 5.00. The van der Waals surface area contributed by atoms with Crippen LogP contribution in [0.5, 0.6) is 0 Å². The van der Waals surface area contributed by atoms with Crippen molar-refractivity contribution in [3.63, 3.8) is 0 Å². The summed E-state index contributed by atoms with van der Waals surface area (Å²) in [6.07, 6.45) is 9.01. The molecule has 0 radical (unpaired) electrons. The number of likely N-dealkylation sites (tertiary alicyclic amines) is 1. The summed E-state index contributed by atoms with van der Waals surface area (Å²) in [5.74, 6) is 0.0562. The summed E-state index contributed by atoms with van der Waals surface area (Å²) in [7, 11) is 0. The van der Waals surface area contributed by atoms with Crippen molar-refractivity contribution in [2.24, 2.45) is 0 Å². The molecule has 2 N–H and O–H groups in total. The number of piperidine rings is 1. The zero-order valence-electron chi connectivity index (χ0n) is 14.0. The van der Waals surface area contributed by atoms with Crippen molar-refractivity contribution in [3.8, 4) is 0 Å². The lowest BCUT2D eigenvalue weighted by atomic mass is 10.1. The number of nitrogens with zero attached hydrogens (tertiary/aromatic N) is 1. The van der Waals surface area contributed by atoms with E-state index in [9.17, 15) is 4.79 Å². The van der Waals surface area contributed by atoms with Crippen LogP contribution in [0, 0.1) is 0 Å². The molecule has 126 valence electrons. The zero-order valence-corrected chi connectivity index (χ0v) is 14.0. The van der Waals surface area contributed by atoms with Crippen molar-refractivity contribution in [3.05, 3.63) is 29.8 Å². The molecule has 1 heterocycles. The fourth-order valence-electron chi connectivity index (χ4n) is 3.64. The molecular weight excluding hydrogens is 286 g/mol. The predicted octanol–water partition coefficient (Wildman–Crippen LogP) is 3.14. The number of amides is 1. The van der Waals surface area contributed by atoms with Crippen LogP contribution in [0.4, 0.5) is 5.69 Å². The summed E-state index contributed by atoms with van der Waals surface area (Å²) in [6.45, 7) is 3.87. The van der Waals surface area contributed by atoms with Crippen LogP contribution in [0.3, 0.4) is 0 Å². The Morgan fingerprint density at radius 1 is 1.00 bits per heavy atom. The van der Waals surface area contributed by atoms with Crippen LogP contribution in [-0.2, 0) is 11.3 Å². The van der Waals surface area contributed by atoms with Crippen LogP contribution < -0.4 is 10.6 Å². The molecule has 1 aliphatic heterocycles. The van der Waals surface area contributed by atoms with Gasteiger partial charge in [0.1, 0.15) is 0 Å². The first-order valence-corrected chi connectivity index (χ1v) is 9.14. The fraction of sp³-hybridized carbons (Fsp3) is 0.632. The van der Waals surface area contributed by atoms with E-state index in [1.165, 1.54) is 63.6 Å². The van der Waals surface area contributed by atoms with Crippen molar-refractivity contribution < 1.29 is 4.79 Å². The second-order valence-electron chi connectivity index (χ2n) is 6.94. The largest absolute Gasteiger partial charge is 0.325 e. The van der Waals surface area contributed by atoms with E-state index in [1.54, 1.807) is 0 Å². The smallest absolute Gasteiger partial charge is 0.238 e. The summed E-state index contributed by atoms with van der Waals surface area (Å²) in [4.78, 5) is 14.5. The molecule has 2 fully saturated rings. The maximum atomic E-state index is 12.0. The summed E-state index contributed by atoms with van der Waals surface area (Å²) in [5.41, 5.74) is 2.22. The highest BCUT2D eigenvalue weighted by Gasteiger charge is 2.15. The van der Waals surface area contributed by atoms with Gasteiger partial charge < -0.3 is 10.6 Å². The van der Waals surface area contributed by atoms with E-state index < -0.39 is 0 Å². The second-order valence-corrected chi connectivity index (χ2v) is 6.94. The van der Waals surface area contributed by atoms with Gasteiger partial charge in [0.15, 0.2) is 0 Å². The minimum Gasteiger partial charge on any atom is -0.325 e. The maximum Gasteiger partial charge on any atom is 0.238 e. The van der Waals surface area contributed by atoms with E-state index in [2.05, 4.69) is 27.7 Å². The van der Waals surface area contributed by atoms with Gasteiger partial charge in [-0.25, -0.2) is 0 Å². The van der Waals surface area contributed by atoms with Crippen LogP contribution in [0.2, 0.25) is 0 Å². The van der Waals surface area contributed by atoms with E-state index in [0.29, 0.717) is 12.6 Å². The minimum absolute atomic E-state index is 0.0562. The number of carbonyl (C=O) groups excluding carboxylic acids is 1. The molecule has 3 rings (SSSR count). The van der Waals surface area contributed by atoms with Crippen molar-refractivity contribution in [2.75, 3.05) is 25.0 Å². The summed E-state index contributed by atoms with van der Waals surface area (Å²) >= 11 is 0. The second kappa shape index (κ2) is 8.46. The van der Waals surface area contributed by atoms with Crippen LogP contribution in [0.25, 0.3) is 0 Å². The third-order valence-corrected chi connectivity index (χ3v) is 5.00. The average molecular weight is 315 g/mol. The molecule has 1 saturated carbocycles. The van der Waals surface area contributed by atoms with Crippen molar-refractivity contribution in [1.82, 2.24) is 10.2 Å². The van der Waals surface area contributed by atoms with Gasteiger partial charge in [-0.05, 0) is 56.5 Å². The number of rotatable bonds is 6. The molecule has 0 bridgehead atoms. The highest BCUT2D eigenvalue weighted by molar-refractivity contribution is 5.92. The van der Waals surface area contributed by atoms with E-state index in [0.717, 1.165) is 12.2 Å². The Hall–Kier alpha value is -1.39. The maximum absolute atomic E-state index is 12.0. The lowest BCUT2D eigenvalue weighted by molar-refractivity contribution is -0.115. The van der Waals surface area contributed by atoms with Crippen LogP contribution >= 0.6 is 0 Å². The van der Waals surface area contributed by atoms with Crippen LogP contribution in [0.15, 0.2) is 24.3 Å². The Morgan fingerprint density at radius 3 is 2.39 bits per heavy atom. The van der Waals surface area contributed by atoms with Crippen molar-refractivity contribution in [2.45, 2.75) is 57.5 Å². The Morgan fingerprint density at radius 2 is 1.70 bits per heavy atom. The van der Waals surface area contributed by atoms with Gasteiger partial charge in [-0.3, -0.25) is 9.69 Å². The molecule has 2 aliphatic rings. The number of benzene rings is 1. The lowest BCUT2D eigenvalue weighted by Crippen LogP contribution is -2.34. The quantitative estimate of drug-likeness (QED) is 0.847. The molecule has 0 aromatic heterocycles. The van der Waals surface area contributed by atoms with Gasteiger partial charge in [0.2, 0.25) is 5.91 Å². The summed E-state index contributed by atoms with van der Waals surface area (Å²) < 4.78 is 0. The molecule has 1 aromatic carbocycles. The first-order chi connectivity index (χ1) is 11.3. The summed E-state index contributed by atoms with van der Waals surface area (Å²) in [6, 6.07) is 8.84. The Labute approximate surface area is 139 Å². The van der Waals surface area contributed by atoms with Gasteiger partial charge in [0.05, 0.1) is 6.54 Å². The molecule has 1 saturated heterocycles. The molecule has 4 heteroatoms. The number of anilines is 1. The van der Waals surface area contributed by atoms with Crippen LogP contribution in [-0.4, -0.2) is 36.5 Å². The Balaban J connectivity index is 1.42. The molecule has 23 heavy (non-hydrogen) atoms. The molecule has 0 spiro atoms. The topological polar surface area (TPSA) is 44.4 Å². The first-order valence-electron chi connectivity index (χ1n) is 9.14. The third kappa shape index (κ3) is 5.33. The molecule has 1 amide bonds. The average Bonchev–Trinajstić information content (AvgIpc) is 3.09. The SMILES string of the molecule is O=C(CNC1CCCC1)Nc1ccc(CN2CCCCC2)cc1. The number of nitrogens with one attached hydrogen (secondary N) is 2. The Kier molecular flexibility index (Phi) is 6.06. The van der Waals surface area contributed by atoms with Gasteiger partial charge in [0.25, 0.3) is 0 Å². The number of hydrogen-bond acceptors (Lipinski definition) is 3. The number of hydrogen-bond donors (Lipinski definition) is 2. The van der Waals surface area contributed by atoms with E-state index in [-0.39, 0.29) is 5.91 Å². The standard InChI is InChI=1S/C19H29N3O/c23-19(14-20-17-6-2-3-7-17)21-18-10-8-16(9-11-18)15-22-12-4-1-5-13-22/h8-11,17,20H,1-7,12-15H2,(H,21,23). The van der Waals surface area contributed by atoms with Gasteiger partial charge in [0, 0.05) is 18.3 Å². The van der Waals surface area contributed by atoms with E-state index in [4.69, 9.17) is 0 Å². The summed E-state index contributed by atoms with van der Waals surface area (Å²) in [5, 5.41) is 6.33. The number of carbonyl (C=O) groups is 1. The first kappa shape index (κ1) is 16.5. The molecular formula is C19H29N3O. The molecule has 0 atom stereocenters. The molecule has 1 aromatic rings. The van der Waals surface area contributed by atoms with Gasteiger partial charge in [-0.2, -0.15) is 0 Å². The molecule has 0 unspecified atom stereocenters. The molecule has 1 aliphatic carbocycles. The molecule has 4 nitrogen and oxygen atoms in total. The van der Waals surface area contributed by atoms with Crippen molar-refractivity contribution in [1.29, 1.82) is 0 Å². The normalized spacial score (nSPS) is 19.8. The lowest BCUT2D eigenvalue weighted by Gasteiger charge is -2.26. The highest BCUT2D eigenvalue weighted by Crippen LogP contribution is 2.17. The monoisotopic (exact) mass is 315 g/mol. The fourth-order valence-corrected chi connectivity index (χ4v) is 3.64. The van der Waals surface area contributed by atoms with E-state index in [1.807, 2.05) is 12.1 Å². The van der Waals surface area contributed by atoms with Gasteiger partial charge in [-0.1, -0.05) is 31.4 Å². The highest BCUT2D eigenvalue weighted by atomic mass is 16.1. The zero-order chi connectivity index (χ0) is 15.9. The van der Waals surface area contributed by atoms with E-state index >= 15 is 0 Å². The van der Waals surface area contributed by atoms with Gasteiger partial charge >= 0.3 is 0 Å². The van der Waals surface area contributed by atoms with Gasteiger partial charge in [-0.15, -0.1) is 0 Å².